The molecule has 0 aliphatic carbocycles. The zero-order chi connectivity index (χ0) is 19.3. The number of carbonyl (C=O) groups is 2. The van der Waals surface area contributed by atoms with Crippen molar-refractivity contribution in [2.24, 2.45) is 0 Å². The molecule has 8 nitrogen and oxygen atoms in total. The van der Waals surface area contributed by atoms with Crippen molar-refractivity contribution in [3.8, 4) is 0 Å². The Bertz CT molecular complexity index is 662. The molecule has 1 aliphatic heterocycles. The second-order valence-corrected chi connectivity index (χ2v) is 7.62. The first-order valence-corrected chi connectivity index (χ1v) is 8.73. The van der Waals surface area contributed by atoms with E-state index in [1.54, 1.807) is 18.2 Å². The van der Waals surface area contributed by atoms with E-state index in [0.29, 0.717) is 26.3 Å². The van der Waals surface area contributed by atoms with E-state index in [-0.39, 0.29) is 11.3 Å². The van der Waals surface area contributed by atoms with Crippen LogP contribution in [0.25, 0.3) is 0 Å². The zero-order valence-electron chi connectivity index (χ0n) is 13.8. The number of amides is 1. The van der Waals surface area contributed by atoms with Crippen molar-refractivity contribution >= 4 is 58.1 Å². The number of hydrogen-bond acceptors (Lipinski definition) is 7. The zero-order valence-corrected chi connectivity index (χ0v) is 16.1. The first kappa shape index (κ1) is 20.9. The average Bonchev–Trinajstić information content (AvgIpc) is 2.61. The molecule has 144 valence electrons. The van der Waals surface area contributed by atoms with Crippen LogP contribution in [0.4, 0.5) is 11.4 Å². The van der Waals surface area contributed by atoms with Crippen LogP contribution in [-0.2, 0) is 14.3 Å². The second kappa shape index (κ2) is 8.96. The lowest BCUT2D eigenvalue weighted by molar-refractivity contribution is -0.122. The quantitative estimate of drug-likeness (QED) is 0.372. The lowest BCUT2D eigenvalue weighted by Crippen LogP contribution is -2.45. The summed E-state index contributed by atoms with van der Waals surface area (Å²) < 4.78 is 7.86. The van der Waals surface area contributed by atoms with Gasteiger partial charge in [0.1, 0.15) is 0 Å². The number of morpholine rings is 1. The summed E-state index contributed by atoms with van der Waals surface area (Å²) in [6.45, 7) is 2.56. The summed E-state index contributed by atoms with van der Waals surface area (Å²) >= 11 is 16.3. The number of carbonyl (C=O) groups excluding carboxylic acids is 2. The smallest absolute Gasteiger partial charge is 0.340 e. The SMILES string of the molecule is COC(=O)c1cc(N2CCOCC2)ccc1NC(O)NC(=O)C(Cl)(Cl)Cl. The minimum atomic E-state index is -2.23. The monoisotopic (exact) mass is 425 g/mol. The summed E-state index contributed by atoms with van der Waals surface area (Å²) in [7, 11) is 1.24. The number of benzene rings is 1. The van der Waals surface area contributed by atoms with Gasteiger partial charge in [0.25, 0.3) is 9.70 Å². The van der Waals surface area contributed by atoms with Crippen molar-refractivity contribution in [1.82, 2.24) is 5.32 Å². The van der Waals surface area contributed by atoms with E-state index in [1.807, 2.05) is 0 Å². The Morgan fingerprint density at radius 3 is 2.54 bits per heavy atom. The van der Waals surface area contributed by atoms with Crippen LogP contribution in [0.5, 0.6) is 0 Å². The Balaban J connectivity index is 2.18. The van der Waals surface area contributed by atoms with Crippen LogP contribution in [0, 0.1) is 0 Å². The van der Waals surface area contributed by atoms with Crippen LogP contribution in [-0.4, -0.2) is 60.5 Å². The first-order valence-electron chi connectivity index (χ1n) is 7.59. The fraction of sp³-hybridized carbons (Fsp3) is 0.467. The van der Waals surface area contributed by atoms with E-state index in [9.17, 15) is 14.7 Å². The number of alkyl halides is 3. The second-order valence-electron chi connectivity index (χ2n) is 5.34. The molecule has 1 atom stereocenters. The van der Waals surface area contributed by atoms with Crippen LogP contribution in [0.15, 0.2) is 18.2 Å². The minimum absolute atomic E-state index is 0.179. The molecule has 1 aromatic rings. The van der Waals surface area contributed by atoms with Crippen molar-refractivity contribution in [2.75, 3.05) is 43.6 Å². The molecule has 0 aromatic heterocycles. The van der Waals surface area contributed by atoms with Gasteiger partial charge in [-0.3, -0.25) is 4.79 Å². The topological polar surface area (TPSA) is 100 Å². The van der Waals surface area contributed by atoms with Gasteiger partial charge in [-0.25, -0.2) is 4.79 Å². The third-order valence-electron chi connectivity index (χ3n) is 3.60. The van der Waals surface area contributed by atoms with Gasteiger partial charge >= 0.3 is 5.97 Å². The Hall–Kier alpha value is -1.45. The number of aliphatic hydroxyl groups excluding tert-OH is 1. The molecular weight excluding hydrogens is 409 g/mol. The number of halogens is 3. The van der Waals surface area contributed by atoms with Crippen LogP contribution in [0.2, 0.25) is 0 Å². The van der Waals surface area contributed by atoms with Gasteiger partial charge in [0, 0.05) is 18.8 Å². The van der Waals surface area contributed by atoms with Crippen LogP contribution < -0.4 is 15.5 Å². The third kappa shape index (κ3) is 5.52. The highest BCUT2D eigenvalue weighted by atomic mass is 35.6. The van der Waals surface area contributed by atoms with Crippen molar-refractivity contribution < 1.29 is 24.2 Å². The molecule has 0 spiro atoms. The van der Waals surface area contributed by atoms with Gasteiger partial charge in [-0.2, -0.15) is 0 Å². The van der Waals surface area contributed by atoms with Crippen molar-refractivity contribution in [3.63, 3.8) is 0 Å². The van der Waals surface area contributed by atoms with Gasteiger partial charge < -0.3 is 30.1 Å². The van der Waals surface area contributed by atoms with E-state index in [2.05, 4.69) is 15.5 Å². The van der Waals surface area contributed by atoms with Crippen molar-refractivity contribution in [3.05, 3.63) is 23.8 Å². The maximum Gasteiger partial charge on any atom is 0.340 e. The molecule has 1 fully saturated rings. The van der Waals surface area contributed by atoms with Crippen LogP contribution >= 0.6 is 34.8 Å². The molecule has 2 rings (SSSR count). The maximum atomic E-state index is 12.1. The molecule has 0 radical (unpaired) electrons. The molecule has 11 heteroatoms. The molecule has 1 saturated heterocycles. The van der Waals surface area contributed by atoms with Gasteiger partial charge in [0.15, 0.2) is 0 Å². The molecular formula is C15H18Cl3N3O5. The van der Waals surface area contributed by atoms with Crippen LogP contribution in [0.1, 0.15) is 10.4 Å². The molecule has 1 unspecified atom stereocenters. The maximum absolute atomic E-state index is 12.1. The summed E-state index contributed by atoms with van der Waals surface area (Å²) in [5.74, 6) is -1.63. The molecule has 3 N–H and O–H groups in total. The van der Waals surface area contributed by atoms with Gasteiger partial charge in [-0.1, -0.05) is 34.8 Å². The highest BCUT2D eigenvalue weighted by molar-refractivity contribution is 6.76. The Morgan fingerprint density at radius 1 is 1.31 bits per heavy atom. The molecule has 0 bridgehead atoms. The third-order valence-corrected chi connectivity index (χ3v) is 4.12. The Morgan fingerprint density at radius 2 is 1.96 bits per heavy atom. The van der Waals surface area contributed by atoms with E-state index in [4.69, 9.17) is 44.3 Å². The normalized spacial score (nSPS) is 16.0. The summed E-state index contributed by atoms with van der Waals surface area (Å²) in [4.78, 5) is 25.7. The highest BCUT2D eigenvalue weighted by Gasteiger charge is 2.32. The number of anilines is 2. The summed E-state index contributed by atoms with van der Waals surface area (Å²) in [6.07, 6.45) is -1.59. The number of rotatable bonds is 5. The molecule has 1 heterocycles. The standard InChI is InChI=1S/C15H18Cl3N3O5/c1-25-12(22)10-8-9(21-4-6-26-7-5-21)2-3-11(10)19-14(24)20-13(23)15(16,17)18/h2-3,8,14,19,24H,4-7H2,1H3,(H,20,23). The average molecular weight is 427 g/mol. The fourth-order valence-corrected chi connectivity index (χ4v) is 2.51. The number of ether oxygens (including phenoxy) is 2. The van der Waals surface area contributed by atoms with Gasteiger partial charge in [0.2, 0.25) is 6.35 Å². The number of esters is 1. The minimum Gasteiger partial charge on any atom is -0.465 e. The van der Waals surface area contributed by atoms with Gasteiger partial charge in [0.05, 0.1) is 31.6 Å². The van der Waals surface area contributed by atoms with Crippen LogP contribution in [0.3, 0.4) is 0 Å². The molecule has 1 aromatic carbocycles. The number of aliphatic hydroxyl groups is 1. The predicted octanol–water partition coefficient (Wildman–Crippen LogP) is 1.48. The number of methoxy groups -OCH3 is 1. The van der Waals surface area contributed by atoms with Crippen molar-refractivity contribution in [2.45, 2.75) is 10.1 Å². The fourth-order valence-electron chi connectivity index (χ4n) is 2.34. The van der Waals surface area contributed by atoms with Gasteiger partial charge in [-0.05, 0) is 18.2 Å². The molecule has 1 amide bonds. The highest BCUT2D eigenvalue weighted by Crippen LogP contribution is 2.27. The van der Waals surface area contributed by atoms with Gasteiger partial charge in [-0.15, -0.1) is 0 Å². The van der Waals surface area contributed by atoms with E-state index in [0.717, 1.165) is 5.69 Å². The van der Waals surface area contributed by atoms with E-state index >= 15 is 0 Å². The number of nitrogens with one attached hydrogen (secondary N) is 2. The van der Waals surface area contributed by atoms with Crippen molar-refractivity contribution in [1.29, 1.82) is 0 Å². The predicted molar refractivity (Wildman–Crippen MR) is 98.9 cm³/mol. The lowest BCUT2D eigenvalue weighted by Gasteiger charge is -2.29. The molecule has 0 saturated carbocycles. The number of nitrogens with zero attached hydrogens (tertiary/aromatic N) is 1. The summed E-state index contributed by atoms with van der Waals surface area (Å²) in [6, 6.07) is 4.98. The lowest BCUT2D eigenvalue weighted by atomic mass is 10.1. The molecule has 26 heavy (non-hydrogen) atoms. The first-order chi connectivity index (χ1) is 12.2. The number of hydrogen-bond donors (Lipinski definition) is 3. The van der Waals surface area contributed by atoms with E-state index in [1.165, 1.54) is 7.11 Å². The van der Waals surface area contributed by atoms with E-state index < -0.39 is 22.0 Å². The summed E-state index contributed by atoms with van der Waals surface area (Å²) in [5.41, 5.74) is 1.23. The molecule has 1 aliphatic rings. The Kier molecular flexibility index (Phi) is 7.19. The Labute approximate surface area is 165 Å². The largest absolute Gasteiger partial charge is 0.465 e. The summed E-state index contributed by atoms with van der Waals surface area (Å²) in [5, 5.41) is 14.6.